The first-order valence-corrected chi connectivity index (χ1v) is 9.67. The summed E-state index contributed by atoms with van der Waals surface area (Å²) in [5, 5.41) is 18.5. The molecule has 174 valence electrons. The summed E-state index contributed by atoms with van der Waals surface area (Å²) in [5.41, 5.74) is 5.13. The van der Waals surface area contributed by atoms with E-state index in [4.69, 9.17) is 15.2 Å². The zero-order valence-electron chi connectivity index (χ0n) is 17.3. The number of hydrogen-bond acceptors (Lipinski definition) is 5. The lowest BCUT2D eigenvalue weighted by Crippen LogP contribution is -2.47. The maximum atomic E-state index is 13.5. The minimum absolute atomic E-state index is 0. The van der Waals surface area contributed by atoms with E-state index in [1.807, 2.05) is 24.3 Å². The molecule has 5 nitrogen and oxygen atoms in total. The van der Waals surface area contributed by atoms with E-state index in [1.165, 1.54) is 6.07 Å². The summed E-state index contributed by atoms with van der Waals surface area (Å²) in [6.07, 6.45) is -3.02. The van der Waals surface area contributed by atoms with Crippen LogP contribution >= 0.6 is 12.4 Å². The molecule has 0 aliphatic heterocycles. The van der Waals surface area contributed by atoms with E-state index in [0.29, 0.717) is 18.4 Å². The van der Waals surface area contributed by atoms with E-state index in [9.17, 15) is 23.4 Å². The fourth-order valence-corrected chi connectivity index (χ4v) is 2.97. The smallest absolute Gasteiger partial charge is 0.419 e. The number of benzene rings is 2. The number of methoxy groups -OCH3 is 1. The Morgan fingerprint density at radius 2 is 1.65 bits per heavy atom. The summed E-state index contributed by atoms with van der Waals surface area (Å²) in [6.45, 7) is -0.769. The summed E-state index contributed by atoms with van der Waals surface area (Å²) in [6, 6.07) is 11.4. The van der Waals surface area contributed by atoms with Crippen LogP contribution in [0.15, 0.2) is 42.5 Å². The predicted octanol–water partition coefficient (Wildman–Crippen LogP) is 3.76. The van der Waals surface area contributed by atoms with Crippen LogP contribution in [0.4, 0.5) is 13.2 Å². The van der Waals surface area contributed by atoms with Crippen molar-refractivity contribution in [2.24, 2.45) is 5.73 Å². The third-order valence-electron chi connectivity index (χ3n) is 4.89. The van der Waals surface area contributed by atoms with Gasteiger partial charge < -0.3 is 25.4 Å². The number of aryl methyl sites for hydroxylation is 2. The van der Waals surface area contributed by atoms with Gasteiger partial charge in [-0.15, -0.1) is 12.4 Å². The van der Waals surface area contributed by atoms with Crippen LogP contribution in [0.3, 0.4) is 0 Å². The third kappa shape index (κ3) is 8.22. The van der Waals surface area contributed by atoms with Crippen molar-refractivity contribution in [3.05, 3.63) is 59.2 Å². The van der Waals surface area contributed by atoms with Crippen LogP contribution in [0.5, 0.6) is 11.5 Å². The van der Waals surface area contributed by atoms with Crippen molar-refractivity contribution in [2.45, 2.75) is 37.4 Å². The van der Waals surface area contributed by atoms with Crippen molar-refractivity contribution in [1.82, 2.24) is 0 Å². The minimum Gasteiger partial charge on any atom is -0.497 e. The summed E-state index contributed by atoms with van der Waals surface area (Å²) in [7, 11) is 1.58. The number of aliphatic hydroxyl groups is 2. The van der Waals surface area contributed by atoms with Gasteiger partial charge >= 0.3 is 6.18 Å². The molecule has 0 fully saturated rings. The van der Waals surface area contributed by atoms with Gasteiger partial charge in [0.25, 0.3) is 0 Å². The number of halogens is 4. The third-order valence-corrected chi connectivity index (χ3v) is 4.89. The van der Waals surface area contributed by atoms with E-state index in [2.05, 4.69) is 0 Å². The molecule has 0 bridgehead atoms. The molecule has 4 N–H and O–H groups in total. The number of hydrogen-bond donors (Lipinski definition) is 3. The highest BCUT2D eigenvalue weighted by Crippen LogP contribution is 2.37. The van der Waals surface area contributed by atoms with Gasteiger partial charge in [0.15, 0.2) is 0 Å². The van der Waals surface area contributed by atoms with Crippen molar-refractivity contribution in [2.75, 3.05) is 26.9 Å². The van der Waals surface area contributed by atoms with Crippen molar-refractivity contribution in [3.8, 4) is 11.5 Å². The summed E-state index contributed by atoms with van der Waals surface area (Å²) < 4.78 is 51.1. The Hall–Kier alpha value is -2.00. The zero-order chi connectivity index (χ0) is 22.2. The molecule has 0 spiro atoms. The summed E-state index contributed by atoms with van der Waals surface area (Å²) in [5.74, 6) is 0.507. The molecule has 0 radical (unpaired) electrons. The van der Waals surface area contributed by atoms with Crippen LogP contribution < -0.4 is 15.2 Å². The Labute approximate surface area is 186 Å². The minimum atomic E-state index is -4.56. The second-order valence-electron chi connectivity index (χ2n) is 7.31. The van der Waals surface area contributed by atoms with Crippen LogP contribution in [0, 0.1) is 0 Å². The van der Waals surface area contributed by atoms with Crippen molar-refractivity contribution in [3.63, 3.8) is 0 Å². The lowest BCUT2D eigenvalue weighted by molar-refractivity contribution is -0.139. The maximum absolute atomic E-state index is 13.5. The Balaban J connectivity index is 0.00000480. The van der Waals surface area contributed by atoms with Crippen LogP contribution in [-0.2, 0) is 19.0 Å². The summed E-state index contributed by atoms with van der Waals surface area (Å²) >= 11 is 0. The molecule has 2 rings (SSSR count). The highest BCUT2D eigenvalue weighted by Gasteiger charge is 2.35. The van der Waals surface area contributed by atoms with Crippen molar-refractivity contribution < 1.29 is 32.9 Å². The van der Waals surface area contributed by atoms with Gasteiger partial charge in [-0.1, -0.05) is 18.2 Å². The first kappa shape index (κ1) is 27.0. The van der Waals surface area contributed by atoms with Crippen LogP contribution in [0.1, 0.15) is 29.5 Å². The molecule has 0 aromatic heterocycles. The van der Waals surface area contributed by atoms with Gasteiger partial charge in [0.05, 0.1) is 38.0 Å². The SMILES string of the molecule is COc1cccc(CCCOc2ccc(CCC(N)(CO)CO)cc2C(F)(F)F)c1.Cl. The molecule has 0 atom stereocenters. The fourth-order valence-electron chi connectivity index (χ4n) is 2.97. The quantitative estimate of drug-likeness (QED) is 0.442. The Kier molecular flexibility index (Phi) is 10.6. The van der Waals surface area contributed by atoms with E-state index >= 15 is 0 Å². The molecule has 0 unspecified atom stereocenters. The number of ether oxygens (including phenoxy) is 2. The lowest BCUT2D eigenvalue weighted by atomic mass is 9.93. The predicted molar refractivity (Wildman–Crippen MR) is 115 cm³/mol. The van der Waals surface area contributed by atoms with E-state index in [-0.39, 0.29) is 37.6 Å². The average molecular weight is 464 g/mol. The standard InChI is InChI=1S/C22H28F3NO4.ClH/c1-29-18-6-2-4-16(12-18)5-3-11-30-20-8-7-17(13-19(20)22(23,24)25)9-10-21(26,14-27)15-28;/h2,4,6-8,12-13,27-28H,3,5,9-11,14-15,26H2,1H3;1H. The molecule has 9 heteroatoms. The topological polar surface area (TPSA) is 84.9 Å². The van der Waals surface area contributed by atoms with E-state index < -0.39 is 30.5 Å². The van der Waals surface area contributed by atoms with Crippen molar-refractivity contribution >= 4 is 12.4 Å². The second kappa shape index (κ2) is 12.1. The molecule has 0 saturated carbocycles. The largest absolute Gasteiger partial charge is 0.497 e. The molecule has 0 saturated heterocycles. The molecule has 2 aromatic carbocycles. The Bertz CT molecular complexity index is 814. The molecule has 0 amide bonds. The number of alkyl halides is 3. The highest BCUT2D eigenvalue weighted by atomic mass is 35.5. The van der Waals surface area contributed by atoms with Gasteiger partial charge in [-0.2, -0.15) is 13.2 Å². The summed E-state index contributed by atoms with van der Waals surface area (Å²) in [4.78, 5) is 0. The zero-order valence-corrected chi connectivity index (χ0v) is 18.1. The normalized spacial score (nSPS) is 11.7. The molecule has 2 aromatic rings. The number of aliphatic hydroxyl groups excluding tert-OH is 2. The van der Waals surface area contributed by atoms with Crippen LogP contribution in [0.25, 0.3) is 0 Å². The van der Waals surface area contributed by atoms with Crippen molar-refractivity contribution in [1.29, 1.82) is 0 Å². The first-order valence-electron chi connectivity index (χ1n) is 9.67. The fraction of sp³-hybridized carbons (Fsp3) is 0.455. The highest BCUT2D eigenvalue weighted by molar-refractivity contribution is 5.85. The Morgan fingerprint density at radius 1 is 0.968 bits per heavy atom. The number of rotatable bonds is 11. The molecule has 0 aliphatic rings. The second-order valence-corrected chi connectivity index (χ2v) is 7.31. The molecular formula is C22H29ClF3NO4. The molecule has 0 aliphatic carbocycles. The van der Waals surface area contributed by atoms with Gasteiger partial charge in [-0.25, -0.2) is 0 Å². The average Bonchev–Trinajstić information content (AvgIpc) is 2.75. The van der Waals surface area contributed by atoms with Gasteiger partial charge in [-0.3, -0.25) is 0 Å². The van der Waals surface area contributed by atoms with E-state index in [1.54, 1.807) is 13.2 Å². The van der Waals surface area contributed by atoms with Crippen LogP contribution in [-0.4, -0.2) is 42.7 Å². The van der Waals surface area contributed by atoms with E-state index in [0.717, 1.165) is 17.4 Å². The Morgan fingerprint density at radius 3 is 2.26 bits per heavy atom. The molecule has 31 heavy (non-hydrogen) atoms. The monoisotopic (exact) mass is 463 g/mol. The molecular weight excluding hydrogens is 435 g/mol. The van der Waals surface area contributed by atoms with Gasteiger partial charge in [0.2, 0.25) is 0 Å². The lowest BCUT2D eigenvalue weighted by Gasteiger charge is -2.24. The first-order chi connectivity index (χ1) is 14.2. The van der Waals surface area contributed by atoms with Gasteiger partial charge in [0, 0.05) is 0 Å². The van der Waals surface area contributed by atoms with Crippen LogP contribution in [0.2, 0.25) is 0 Å². The molecule has 0 heterocycles. The van der Waals surface area contributed by atoms with Gasteiger partial charge in [-0.05, 0) is 61.1 Å². The van der Waals surface area contributed by atoms with Gasteiger partial charge in [0.1, 0.15) is 11.5 Å². The maximum Gasteiger partial charge on any atom is 0.419 e. The number of nitrogens with two attached hydrogens (primary N) is 1.